The molecule has 0 aliphatic heterocycles. The average molecular weight is 304 g/mol. The van der Waals surface area contributed by atoms with E-state index in [9.17, 15) is 14.9 Å². The molecule has 0 aliphatic carbocycles. The Balaban J connectivity index is 2.86. The Bertz CT molecular complexity index is 533. The Hall–Kier alpha value is -1.66. The number of nitro groups is 1. The van der Waals surface area contributed by atoms with Crippen LogP contribution in [0.5, 0.6) is 5.75 Å². The van der Waals surface area contributed by atoms with Crippen LogP contribution in [-0.2, 0) is 16.5 Å². The van der Waals surface area contributed by atoms with Gasteiger partial charge in [0.05, 0.1) is 12.0 Å². The minimum absolute atomic E-state index is 0.0434. The van der Waals surface area contributed by atoms with Gasteiger partial charge in [0.25, 0.3) is 5.69 Å². The second-order valence-electron chi connectivity index (χ2n) is 3.64. The smallest absolute Gasteiger partial charge is 0.415 e. The summed E-state index contributed by atoms with van der Waals surface area (Å²) in [5.74, 6) is 0.368. The van der Waals surface area contributed by atoms with Crippen LogP contribution < -0.4 is 4.52 Å². The number of carbonyl (C=O) groups excluding carboxylic acids is 1. The molecule has 0 bridgehead atoms. The fraction of sp³-hybridized carbons (Fsp3) is 0.300. The third kappa shape index (κ3) is 3.90. The summed E-state index contributed by atoms with van der Waals surface area (Å²) in [7, 11) is 2.73. The van der Waals surface area contributed by atoms with Crippen molar-refractivity contribution in [2.75, 3.05) is 20.8 Å². The molecular weight excluding hydrogens is 291 g/mol. The third-order valence-corrected chi connectivity index (χ3v) is 5.07. The van der Waals surface area contributed by atoms with Gasteiger partial charge in [-0.25, -0.2) is 4.79 Å². The van der Waals surface area contributed by atoms with E-state index >= 15 is 0 Å². The molecule has 1 atom stereocenters. The zero-order chi connectivity index (χ0) is 14.6. The molecule has 0 spiro atoms. The SMILES string of the molecule is COC(=O)N(C)P(C)(=S)Oc1ccc([N+](=O)[O-])cc1. The van der Waals surface area contributed by atoms with Crippen molar-refractivity contribution in [3.05, 3.63) is 34.4 Å². The topological polar surface area (TPSA) is 81.9 Å². The van der Waals surface area contributed by atoms with Gasteiger partial charge in [-0.1, -0.05) is 0 Å². The van der Waals surface area contributed by atoms with E-state index in [1.807, 2.05) is 0 Å². The standard InChI is InChI=1S/C10H13N2O5PS/c1-11(10(13)16-2)18(3,19)17-9-6-4-8(5-7-9)12(14)15/h4-7H,1-3H3. The molecule has 19 heavy (non-hydrogen) atoms. The number of rotatable bonds is 4. The lowest BCUT2D eigenvalue weighted by Gasteiger charge is -2.27. The van der Waals surface area contributed by atoms with Crippen LogP contribution in [0.2, 0.25) is 0 Å². The number of methoxy groups -OCH3 is 1. The number of ether oxygens (including phenoxy) is 1. The van der Waals surface area contributed by atoms with E-state index in [2.05, 4.69) is 4.74 Å². The molecule has 0 N–H and O–H groups in total. The van der Waals surface area contributed by atoms with E-state index in [-0.39, 0.29) is 5.69 Å². The third-order valence-electron chi connectivity index (χ3n) is 2.31. The maximum Gasteiger partial charge on any atom is 0.415 e. The summed E-state index contributed by atoms with van der Waals surface area (Å²) in [6.45, 7) is 1.61. The van der Waals surface area contributed by atoms with Gasteiger partial charge in [0.15, 0.2) is 0 Å². The fourth-order valence-electron chi connectivity index (χ4n) is 1.17. The molecule has 104 valence electrons. The summed E-state index contributed by atoms with van der Waals surface area (Å²) in [5, 5.41) is 10.5. The van der Waals surface area contributed by atoms with E-state index in [0.29, 0.717) is 5.75 Å². The van der Waals surface area contributed by atoms with Gasteiger partial charge >= 0.3 is 6.09 Å². The molecule has 0 saturated heterocycles. The first kappa shape index (κ1) is 15.4. The van der Waals surface area contributed by atoms with Crippen LogP contribution in [0.4, 0.5) is 10.5 Å². The highest BCUT2D eigenvalue weighted by Crippen LogP contribution is 2.46. The lowest BCUT2D eigenvalue weighted by molar-refractivity contribution is -0.384. The van der Waals surface area contributed by atoms with E-state index in [4.69, 9.17) is 16.3 Å². The zero-order valence-electron chi connectivity index (χ0n) is 10.6. The summed E-state index contributed by atoms with van der Waals surface area (Å²) in [5.41, 5.74) is -0.0434. The highest BCUT2D eigenvalue weighted by molar-refractivity contribution is 8.11. The predicted octanol–water partition coefficient (Wildman–Crippen LogP) is 2.61. The Labute approximate surface area is 115 Å². The molecular formula is C10H13N2O5PS. The quantitative estimate of drug-likeness (QED) is 0.483. The van der Waals surface area contributed by atoms with Crippen LogP contribution in [0.15, 0.2) is 24.3 Å². The van der Waals surface area contributed by atoms with Crippen molar-refractivity contribution >= 4 is 30.0 Å². The van der Waals surface area contributed by atoms with Gasteiger partial charge < -0.3 is 9.26 Å². The van der Waals surface area contributed by atoms with Gasteiger partial charge in [0.2, 0.25) is 6.42 Å². The fourth-order valence-corrected chi connectivity index (χ4v) is 2.64. The molecule has 0 radical (unpaired) electrons. The van der Waals surface area contributed by atoms with Crippen LogP contribution >= 0.6 is 6.42 Å². The summed E-state index contributed by atoms with van der Waals surface area (Å²) < 4.78 is 11.3. The van der Waals surface area contributed by atoms with Crippen LogP contribution in [0.1, 0.15) is 0 Å². The average Bonchev–Trinajstić information content (AvgIpc) is 2.37. The van der Waals surface area contributed by atoms with Crippen molar-refractivity contribution in [1.29, 1.82) is 0 Å². The van der Waals surface area contributed by atoms with Gasteiger partial charge in [-0.3, -0.25) is 14.8 Å². The number of benzene rings is 1. The number of amides is 1. The number of non-ortho nitro benzene ring substituents is 1. The van der Waals surface area contributed by atoms with Gasteiger partial charge in [-0.15, -0.1) is 0 Å². The molecule has 1 aromatic rings. The minimum atomic E-state index is -2.59. The summed E-state index contributed by atoms with van der Waals surface area (Å²) in [6.07, 6.45) is -3.18. The van der Waals surface area contributed by atoms with Crippen LogP contribution in [-0.4, -0.2) is 36.5 Å². The Morgan fingerprint density at radius 3 is 2.37 bits per heavy atom. The summed E-state index contributed by atoms with van der Waals surface area (Å²) in [4.78, 5) is 21.4. The van der Waals surface area contributed by atoms with E-state index in [1.165, 1.54) is 43.1 Å². The molecule has 1 amide bonds. The molecule has 0 aliphatic rings. The maximum atomic E-state index is 11.4. The van der Waals surface area contributed by atoms with E-state index < -0.39 is 17.4 Å². The molecule has 1 rings (SSSR count). The van der Waals surface area contributed by atoms with Crippen molar-refractivity contribution in [3.63, 3.8) is 0 Å². The number of hydrogen-bond acceptors (Lipinski definition) is 6. The Morgan fingerprint density at radius 2 is 1.95 bits per heavy atom. The van der Waals surface area contributed by atoms with Gasteiger partial charge in [-0.05, 0) is 23.9 Å². The van der Waals surface area contributed by atoms with Crippen molar-refractivity contribution in [1.82, 2.24) is 4.67 Å². The minimum Gasteiger partial charge on any atom is -0.452 e. The number of carbonyl (C=O) groups is 1. The van der Waals surface area contributed by atoms with E-state index in [0.717, 1.165) is 0 Å². The second-order valence-corrected chi connectivity index (χ2v) is 8.06. The molecule has 9 heteroatoms. The number of nitrogens with zero attached hydrogens (tertiary/aromatic N) is 2. The molecule has 0 fully saturated rings. The first-order chi connectivity index (χ1) is 8.77. The largest absolute Gasteiger partial charge is 0.452 e. The first-order valence-electron chi connectivity index (χ1n) is 5.11. The number of nitro benzene ring substituents is 1. The number of hydrogen-bond donors (Lipinski definition) is 0. The van der Waals surface area contributed by atoms with Gasteiger partial charge in [-0.2, -0.15) is 0 Å². The summed E-state index contributed by atoms with van der Waals surface area (Å²) >= 11 is 5.26. The van der Waals surface area contributed by atoms with Gasteiger partial charge in [0.1, 0.15) is 5.75 Å². The molecule has 0 aromatic heterocycles. The molecule has 7 nitrogen and oxygen atoms in total. The molecule has 0 heterocycles. The lowest BCUT2D eigenvalue weighted by atomic mass is 10.3. The second kappa shape index (κ2) is 5.99. The van der Waals surface area contributed by atoms with Crippen molar-refractivity contribution in [2.24, 2.45) is 0 Å². The van der Waals surface area contributed by atoms with Crippen molar-refractivity contribution in [2.45, 2.75) is 0 Å². The normalized spacial score (nSPS) is 13.2. The Kier molecular flexibility index (Phi) is 4.85. The molecule has 1 unspecified atom stereocenters. The first-order valence-corrected chi connectivity index (χ1v) is 8.23. The lowest BCUT2D eigenvalue weighted by Crippen LogP contribution is -2.25. The summed E-state index contributed by atoms with van der Waals surface area (Å²) in [6, 6.07) is 5.49. The maximum absolute atomic E-state index is 11.4. The Morgan fingerprint density at radius 1 is 1.42 bits per heavy atom. The van der Waals surface area contributed by atoms with Crippen LogP contribution in [0, 0.1) is 10.1 Å². The highest BCUT2D eigenvalue weighted by Gasteiger charge is 2.25. The van der Waals surface area contributed by atoms with Crippen molar-refractivity contribution < 1.29 is 19.0 Å². The van der Waals surface area contributed by atoms with Crippen molar-refractivity contribution in [3.8, 4) is 5.75 Å². The predicted molar refractivity (Wildman–Crippen MR) is 74.1 cm³/mol. The highest BCUT2D eigenvalue weighted by atomic mass is 32.4. The molecule has 0 saturated carbocycles. The molecule has 1 aromatic carbocycles. The van der Waals surface area contributed by atoms with Crippen LogP contribution in [0.25, 0.3) is 0 Å². The van der Waals surface area contributed by atoms with E-state index in [1.54, 1.807) is 6.66 Å². The monoisotopic (exact) mass is 304 g/mol. The van der Waals surface area contributed by atoms with Gasteiger partial charge in [0, 0.05) is 25.8 Å². The zero-order valence-corrected chi connectivity index (χ0v) is 12.3. The van der Waals surface area contributed by atoms with Crippen LogP contribution in [0.3, 0.4) is 0 Å².